The Morgan fingerprint density at radius 3 is 1.79 bits per heavy atom. The number of nitrogens with one attached hydrogen (secondary N) is 1. The van der Waals surface area contributed by atoms with E-state index in [1.807, 2.05) is 24.3 Å². The van der Waals surface area contributed by atoms with Gasteiger partial charge in [-0.3, -0.25) is 4.79 Å². The maximum atomic E-state index is 12.4. The van der Waals surface area contributed by atoms with Crippen molar-refractivity contribution in [3.8, 4) is 11.5 Å². The molecule has 0 unspecified atom stereocenters. The van der Waals surface area contributed by atoms with Gasteiger partial charge < -0.3 is 20.0 Å². The smallest absolute Gasteiger partial charge is 0.269 e. The highest BCUT2D eigenvalue weighted by Crippen LogP contribution is 2.35. The van der Waals surface area contributed by atoms with Crippen LogP contribution in [0.3, 0.4) is 0 Å². The number of amides is 1. The van der Waals surface area contributed by atoms with Crippen LogP contribution in [-0.2, 0) is 17.6 Å². The summed E-state index contributed by atoms with van der Waals surface area (Å²) in [5.41, 5.74) is 1.82. The fourth-order valence-corrected chi connectivity index (χ4v) is 5.85. The lowest BCUT2D eigenvalue weighted by Crippen LogP contribution is -2.33. The predicted molar refractivity (Wildman–Crippen MR) is 126 cm³/mol. The number of hydrogen-bond donors (Lipinski definition) is 2. The highest BCUT2D eigenvalue weighted by molar-refractivity contribution is 9.11. The van der Waals surface area contributed by atoms with Crippen molar-refractivity contribution in [1.29, 1.82) is 0 Å². The molecule has 0 fully saturated rings. The Bertz CT molecular complexity index is 888. The van der Waals surface area contributed by atoms with E-state index >= 15 is 0 Å². The van der Waals surface area contributed by atoms with E-state index in [-0.39, 0.29) is 12.1 Å². The molecule has 1 amide bonds. The van der Waals surface area contributed by atoms with Gasteiger partial charge in [0.2, 0.25) is 0 Å². The number of ether oxygens (including phenoxy) is 2. The Balaban J connectivity index is 1.99. The Morgan fingerprint density at radius 2 is 1.38 bits per heavy atom. The van der Waals surface area contributed by atoms with Gasteiger partial charge in [0.15, 0.2) is 0 Å². The van der Waals surface area contributed by atoms with E-state index in [2.05, 4.69) is 74.2 Å². The summed E-state index contributed by atoms with van der Waals surface area (Å²) in [6, 6.07) is 7.50. The van der Waals surface area contributed by atoms with Gasteiger partial charge in [0, 0.05) is 13.0 Å². The zero-order chi connectivity index (χ0) is 21.6. The third-order valence-electron chi connectivity index (χ3n) is 3.98. The van der Waals surface area contributed by atoms with E-state index in [0.717, 1.165) is 29.0 Å². The second-order valence-corrected chi connectivity index (χ2v) is 9.33. The summed E-state index contributed by atoms with van der Waals surface area (Å²) in [6.07, 6.45) is 0.772. The number of oxime groups is 1. The van der Waals surface area contributed by atoms with E-state index < -0.39 is 5.91 Å². The van der Waals surface area contributed by atoms with E-state index in [1.165, 1.54) is 0 Å². The van der Waals surface area contributed by atoms with Gasteiger partial charge in [-0.05, 0) is 106 Å². The molecule has 2 rings (SSSR count). The number of halogens is 4. The van der Waals surface area contributed by atoms with Crippen LogP contribution in [0.25, 0.3) is 0 Å². The third-order valence-corrected chi connectivity index (χ3v) is 6.33. The van der Waals surface area contributed by atoms with Crippen LogP contribution in [0.2, 0.25) is 0 Å². The summed E-state index contributed by atoms with van der Waals surface area (Å²) in [5, 5.41) is 15.3. The Hall–Kier alpha value is -1.10. The Labute approximate surface area is 202 Å². The molecule has 6 nitrogen and oxygen atoms in total. The average Bonchev–Trinajstić information content (AvgIpc) is 2.65. The molecule has 156 valence electrons. The molecule has 2 aromatic carbocycles. The van der Waals surface area contributed by atoms with Crippen LogP contribution in [0.4, 0.5) is 0 Å². The van der Waals surface area contributed by atoms with Crippen LogP contribution in [-0.4, -0.2) is 37.6 Å². The van der Waals surface area contributed by atoms with Crippen molar-refractivity contribution in [2.75, 3.05) is 20.8 Å². The van der Waals surface area contributed by atoms with Crippen LogP contribution >= 0.6 is 63.7 Å². The lowest BCUT2D eigenvalue weighted by molar-refractivity contribution is -0.115. The Kier molecular flexibility index (Phi) is 9.45. The molecule has 0 atom stereocenters. The first-order valence-electron chi connectivity index (χ1n) is 8.33. The van der Waals surface area contributed by atoms with Crippen LogP contribution < -0.4 is 14.8 Å². The SMILES string of the molecule is COc1c(Br)cc(CCNC(=O)/C(Cc2cc(Br)c(OC)c(Br)c2)=N/O)cc1Br. The molecule has 2 aromatic rings. The summed E-state index contributed by atoms with van der Waals surface area (Å²) in [6.45, 7) is 0.388. The monoisotopic (exact) mass is 654 g/mol. The van der Waals surface area contributed by atoms with Gasteiger partial charge in [-0.1, -0.05) is 5.16 Å². The van der Waals surface area contributed by atoms with E-state index in [0.29, 0.717) is 24.5 Å². The van der Waals surface area contributed by atoms with Crippen LogP contribution in [0.15, 0.2) is 47.3 Å². The third kappa shape index (κ3) is 6.44. The number of methoxy groups -OCH3 is 2. The minimum Gasteiger partial charge on any atom is -0.494 e. The number of carbonyl (C=O) groups is 1. The molecular formula is C19H18Br4N2O4. The molecule has 0 aliphatic rings. The Morgan fingerprint density at radius 1 is 0.931 bits per heavy atom. The van der Waals surface area contributed by atoms with Gasteiger partial charge in [0.25, 0.3) is 5.91 Å². The lowest BCUT2D eigenvalue weighted by Gasteiger charge is -2.11. The van der Waals surface area contributed by atoms with E-state index in [4.69, 9.17) is 9.47 Å². The van der Waals surface area contributed by atoms with Crippen molar-refractivity contribution in [2.45, 2.75) is 12.8 Å². The van der Waals surface area contributed by atoms with Gasteiger partial charge >= 0.3 is 0 Å². The molecule has 29 heavy (non-hydrogen) atoms. The average molecular weight is 658 g/mol. The van der Waals surface area contributed by atoms with Crippen molar-refractivity contribution in [3.05, 3.63) is 53.3 Å². The molecule has 2 N–H and O–H groups in total. The molecule has 0 saturated heterocycles. The second-order valence-electron chi connectivity index (χ2n) is 5.91. The quantitative estimate of drug-likeness (QED) is 0.224. The normalized spacial score (nSPS) is 11.3. The standard InChI is InChI=1S/C19H18Br4N2O4/c1-28-17-12(20)5-10(6-13(17)21)3-4-24-19(26)16(25-27)9-11-7-14(22)18(29-2)15(23)8-11/h5-8,27H,3-4,9H2,1-2H3,(H,24,26)/b25-16+. The maximum Gasteiger partial charge on any atom is 0.269 e. The molecule has 0 saturated carbocycles. The molecule has 0 aromatic heterocycles. The summed E-state index contributed by atoms with van der Waals surface area (Å²) >= 11 is 13.8. The number of benzene rings is 2. The van der Waals surface area contributed by atoms with Gasteiger partial charge in [0.1, 0.15) is 17.2 Å². The maximum absolute atomic E-state index is 12.4. The molecule has 0 spiro atoms. The molecule has 0 heterocycles. The van der Waals surface area contributed by atoms with Gasteiger partial charge in [-0.25, -0.2) is 0 Å². The highest BCUT2D eigenvalue weighted by atomic mass is 79.9. The van der Waals surface area contributed by atoms with Crippen molar-refractivity contribution >= 4 is 75.3 Å². The molecule has 0 aliphatic carbocycles. The summed E-state index contributed by atoms with van der Waals surface area (Å²) in [7, 11) is 3.17. The zero-order valence-electron chi connectivity index (χ0n) is 15.6. The van der Waals surface area contributed by atoms with Crippen LogP contribution in [0.1, 0.15) is 11.1 Å². The first-order valence-corrected chi connectivity index (χ1v) is 11.5. The predicted octanol–water partition coefficient (Wildman–Crippen LogP) is 5.49. The fourth-order valence-electron chi connectivity index (χ4n) is 2.64. The number of rotatable bonds is 8. The van der Waals surface area contributed by atoms with Crippen molar-refractivity contribution in [3.63, 3.8) is 0 Å². The van der Waals surface area contributed by atoms with Crippen molar-refractivity contribution in [1.82, 2.24) is 5.32 Å². The van der Waals surface area contributed by atoms with Crippen LogP contribution in [0, 0.1) is 0 Å². The largest absolute Gasteiger partial charge is 0.494 e. The van der Waals surface area contributed by atoms with E-state index in [9.17, 15) is 10.0 Å². The lowest BCUT2D eigenvalue weighted by atomic mass is 10.1. The van der Waals surface area contributed by atoms with Gasteiger partial charge in [-0.15, -0.1) is 0 Å². The number of nitrogens with zero attached hydrogens (tertiary/aromatic N) is 1. The molecule has 0 bridgehead atoms. The molecular weight excluding hydrogens is 640 g/mol. The first kappa shape index (κ1) is 24.2. The number of hydrogen-bond acceptors (Lipinski definition) is 5. The highest BCUT2D eigenvalue weighted by Gasteiger charge is 2.16. The van der Waals surface area contributed by atoms with Gasteiger partial charge in [-0.2, -0.15) is 0 Å². The topological polar surface area (TPSA) is 80.2 Å². The number of carbonyl (C=O) groups excluding carboxylic acids is 1. The minimum absolute atomic E-state index is 0.0195. The van der Waals surface area contributed by atoms with Crippen molar-refractivity contribution < 1.29 is 19.5 Å². The summed E-state index contributed by atoms with van der Waals surface area (Å²) < 4.78 is 13.7. The van der Waals surface area contributed by atoms with Gasteiger partial charge in [0.05, 0.1) is 32.1 Å². The summed E-state index contributed by atoms with van der Waals surface area (Å²) in [4.78, 5) is 12.4. The minimum atomic E-state index is -0.429. The second kappa shape index (κ2) is 11.3. The molecule has 10 heteroatoms. The van der Waals surface area contributed by atoms with Crippen LogP contribution in [0.5, 0.6) is 11.5 Å². The molecule has 0 radical (unpaired) electrons. The van der Waals surface area contributed by atoms with E-state index in [1.54, 1.807) is 14.2 Å². The zero-order valence-corrected chi connectivity index (χ0v) is 21.9. The summed E-state index contributed by atoms with van der Waals surface area (Å²) in [5.74, 6) is 0.934. The van der Waals surface area contributed by atoms with Crippen molar-refractivity contribution in [2.24, 2.45) is 5.16 Å². The first-order chi connectivity index (χ1) is 13.8. The molecule has 0 aliphatic heterocycles. The fraction of sp³-hybridized carbons (Fsp3) is 0.263.